The van der Waals surface area contributed by atoms with Gasteiger partial charge in [0.15, 0.2) is 5.58 Å². The zero-order chi connectivity index (χ0) is 14.0. The molecule has 1 heterocycles. The van der Waals surface area contributed by atoms with Crippen LogP contribution in [0.5, 0.6) is 0 Å². The smallest absolute Gasteiger partial charge is 0.408 e. The Bertz CT molecular complexity index is 689. The lowest BCUT2D eigenvalue weighted by atomic mass is 10.1. The first kappa shape index (κ1) is 13.4. The van der Waals surface area contributed by atoms with Crippen molar-refractivity contribution in [2.75, 3.05) is 6.54 Å². The maximum absolute atomic E-state index is 11.4. The molecule has 0 amide bonds. The minimum Gasteiger partial charge on any atom is -0.408 e. The number of fused-ring (bicyclic) bond motifs is 1. The summed E-state index contributed by atoms with van der Waals surface area (Å²) in [7, 11) is 1.69. The fourth-order valence-electron chi connectivity index (χ4n) is 1.89. The van der Waals surface area contributed by atoms with Crippen LogP contribution in [0.25, 0.3) is 11.1 Å². The topological polar surface area (TPSA) is 71.0 Å². The number of aryl methyl sites for hydroxylation is 1. The van der Waals surface area contributed by atoms with Gasteiger partial charge in [0.25, 0.3) is 0 Å². The fraction of sp³-hybridized carbons (Fsp3) is 0.429. The summed E-state index contributed by atoms with van der Waals surface area (Å²) in [5, 5.41) is 12.1. The molecule has 0 aliphatic rings. The highest BCUT2D eigenvalue weighted by Gasteiger charge is 2.14. The van der Waals surface area contributed by atoms with Crippen molar-refractivity contribution in [2.45, 2.75) is 25.8 Å². The Balaban J connectivity index is 2.11. The van der Waals surface area contributed by atoms with Crippen LogP contribution < -0.4 is 11.1 Å². The molecule has 0 aliphatic heterocycles. The second kappa shape index (κ2) is 4.90. The maximum atomic E-state index is 11.4. The van der Waals surface area contributed by atoms with Gasteiger partial charge in [-0.1, -0.05) is 6.07 Å². The molecule has 0 saturated carbocycles. The Morgan fingerprint density at radius 1 is 1.47 bits per heavy atom. The van der Waals surface area contributed by atoms with Crippen LogP contribution in [0.2, 0.25) is 0 Å². The Hall–Kier alpha value is -2.06. The molecule has 1 aromatic carbocycles. The molecule has 0 atom stereocenters. The normalized spacial score (nSPS) is 11.7. The lowest BCUT2D eigenvalue weighted by Crippen LogP contribution is -2.38. The van der Waals surface area contributed by atoms with Crippen LogP contribution in [0.15, 0.2) is 27.4 Å². The summed E-state index contributed by atoms with van der Waals surface area (Å²) in [4.78, 5) is 11.4. The Morgan fingerprint density at radius 3 is 2.89 bits per heavy atom. The molecule has 5 heteroatoms. The fourth-order valence-corrected chi connectivity index (χ4v) is 1.89. The molecule has 1 N–H and O–H groups in total. The average Bonchev–Trinajstić information content (AvgIpc) is 2.65. The number of nitriles is 1. The number of nitrogens with one attached hydrogen (secondary N) is 1. The molecule has 19 heavy (non-hydrogen) atoms. The van der Waals surface area contributed by atoms with Crippen LogP contribution in [0, 0.1) is 11.3 Å². The standard InChI is InChI=1S/C14H17N3O2/c1-14(2,9-15)16-7-6-10-4-5-11-12(8-10)19-13(18)17(11)3/h4-5,8,16H,6-7H2,1-3H3. The predicted molar refractivity (Wildman–Crippen MR) is 72.9 cm³/mol. The highest BCUT2D eigenvalue weighted by molar-refractivity contribution is 5.73. The highest BCUT2D eigenvalue weighted by atomic mass is 16.4. The van der Waals surface area contributed by atoms with Crippen molar-refractivity contribution in [1.82, 2.24) is 9.88 Å². The molecular weight excluding hydrogens is 242 g/mol. The summed E-state index contributed by atoms with van der Waals surface area (Å²) in [6.45, 7) is 4.38. The zero-order valence-corrected chi connectivity index (χ0v) is 11.4. The summed E-state index contributed by atoms with van der Waals surface area (Å²) in [6, 6.07) is 7.92. The van der Waals surface area contributed by atoms with Crippen molar-refractivity contribution < 1.29 is 4.42 Å². The number of benzene rings is 1. The van der Waals surface area contributed by atoms with Crippen molar-refractivity contribution in [2.24, 2.45) is 7.05 Å². The molecule has 0 fully saturated rings. The minimum atomic E-state index is -0.524. The Labute approximate surface area is 111 Å². The third-order valence-electron chi connectivity index (χ3n) is 3.12. The van der Waals surface area contributed by atoms with Gasteiger partial charge in [0.1, 0.15) is 5.54 Å². The summed E-state index contributed by atoms with van der Waals surface area (Å²) < 4.78 is 6.62. The van der Waals surface area contributed by atoms with E-state index >= 15 is 0 Å². The first-order valence-corrected chi connectivity index (χ1v) is 6.18. The molecule has 2 rings (SSSR count). The second-order valence-corrected chi connectivity index (χ2v) is 5.14. The highest BCUT2D eigenvalue weighted by Crippen LogP contribution is 2.14. The van der Waals surface area contributed by atoms with Gasteiger partial charge in [0.2, 0.25) is 0 Å². The van der Waals surface area contributed by atoms with Gasteiger partial charge in [-0.2, -0.15) is 5.26 Å². The van der Waals surface area contributed by atoms with E-state index in [1.54, 1.807) is 7.05 Å². The minimum absolute atomic E-state index is 0.351. The molecule has 0 aliphatic carbocycles. The van der Waals surface area contributed by atoms with E-state index in [1.165, 1.54) is 4.57 Å². The number of oxazole rings is 1. The molecule has 5 nitrogen and oxygen atoms in total. The monoisotopic (exact) mass is 259 g/mol. The third kappa shape index (κ3) is 2.85. The van der Waals surface area contributed by atoms with Crippen molar-refractivity contribution in [3.63, 3.8) is 0 Å². The lowest BCUT2D eigenvalue weighted by molar-refractivity contribution is 0.489. The van der Waals surface area contributed by atoms with Crippen LogP contribution >= 0.6 is 0 Å². The van der Waals surface area contributed by atoms with E-state index in [4.69, 9.17) is 9.68 Å². The summed E-state index contributed by atoms with van der Waals surface area (Å²) >= 11 is 0. The predicted octanol–water partition coefficient (Wildman–Crippen LogP) is 1.57. The van der Waals surface area contributed by atoms with E-state index in [2.05, 4.69) is 11.4 Å². The Morgan fingerprint density at radius 2 is 2.21 bits per heavy atom. The molecule has 0 spiro atoms. The van der Waals surface area contributed by atoms with Crippen LogP contribution in [0.3, 0.4) is 0 Å². The van der Waals surface area contributed by atoms with Gasteiger partial charge in [-0.25, -0.2) is 4.79 Å². The first-order chi connectivity index (χ1) is 8.93. The SMILES string of the molecule is Cn1c(=O)oc2cc(CCNC(C)(C)C#N)ccc21. The summed E-state index contributed by atoms with van der Waals surface area (Å²) in [5.41, 5.74) is 1.94. The van der Waals surface area contributed by atoms with Gasteiger partial charge in [0, 0.05) is 13.6 Å². The summed E-state index contributed by atoms with van der Waals surface area (Å²) in [6.07, 6.45) is 0.777. The lowest BCUT2D eigenvalue weighted by Gasteiger charge is -2.17. The van der Waals surface area contributed by atoms with Gasteiger partial charge in [-0.15, -0.1) is 0 Å². The van der Waals surface area contributed by atoms with Crippen LogP contribution in [-0.4, -0.2) is 16.7 Å². The molecule has 0 unspecified atom stereocenters. The van der Waals surface area contributed by atoms with Gasteiger partial charge < -0.3 is 4.42 Å². The van der Waals surface area contributed by atoms with E-state index in [-0.39, 0.29) is 5.76 Å². The molecule has 0 bridgehead atoms. The van der Waals surface area contributed by atoms with E-state index in [0.717, 1.165) is 17.5 Å². The quantitative estimate of drug-likeness (QED) is 0.904. The second-order valence-electron chi connectivity index (χ2n) is 5.14. The number of hydrogen-bond donors (Lipinski definition) is 1. The van der Waals surface area contributed by atoms with Crippen molar-refractivity contribution in [1.29, 1.82) is 5.26 Å². The van der Waals surface area contributed by atoms with E-state index in [0.29, 0.717) is 12.1 Å². The number of nitrogens with zero attached hydrogens (tertiary/aromatic N) is 2. The van der Waals surface area contributed by atoms with E-state index in [9.17, 15) is 4.79 Å². The maximum Gasteiger partial charge on any atom is 0.419 e. The van der Waals surface area contributed by atoms with E-state index < -0.39 is 5.54 Å². The number of aromatic nitrogens is 1. The molecule has 1 aromatic heterocycles. The van der Waals surface area contributed by atoms with Crippen molar-refractivity contribution >= 4 is 11.1 Å². The first-order valence-electron chi connectivity index (χ1n) is 6.18. The molecule has 0 saturated heterocycles. The Kier molecular flexibility index (Phi) is 3.45. The van der Waals surface area contributed by atoms with E-state index in [1.807, 2.05) is 32.0 Å². The number of rotatable bonds is 4. The molecule has 0 radical (unpaired) electrons. The average molecular weight is 259 g/mol. The van der Waals surface area contributed by atoms with Crippen LogP contribution in [0.4, 0.5) is 0 Å². The molecule has 2 aromatic rings. The van der Waals surface area contributed by atoms with Gasteiger partial charge in [0.05, 0.1) is 11.6 Å². The van der Waals surface area contributed by atoms with Crippen molar-refractivity contribution in [3.8, 4) is 6.07 Å². The molecular formula is C14H17N3O2. The number of hydrogen-bond acceptors (Lipinski definition) is 4. The molecule has 100 valence electrons. The zero-order valence-electron chi connectivity index (χ0n) is 11.4. The van der Waals surface area contributed by atoms with Crippen molar-refractivity contribution in [3.05, 3.63) is 34.3 Å². The van der Waals surface area contributed by atoms with Crippen LogP contribution in [-0.2, 0) is 13.5 Å². The largest absolute Gasteiger partial charge is 0.419 e. The van der Waals surface area contributed by atoms with Crippen LogP contribution in [0.1, 0.15) is 19.4 Å². The summed E-state index contributed by atoms with van der Waals surface area (Å²) in [5.74, 6) is -0.351. The van der Waals surface area contributed by atoms with Gasteiger partial charge >= 0.3 is 5.76 Å². The van der Waals surface area contributed by atoms with Gasteiger partial charge in [-0.05, 0) is 38.0 Å². The third-order valence-corrected chi connectivity index (χ3v) is 3.12. The van der Waals surface area contributed by atoms with Gasteiger partial charge in [-0.3, -0.25) is 9.88 Å².